The number of benzene rings is 9. The molecule has 59 heavy (non-hydrogen) atoms. The van der Waals surface area contributed by atoms with Crippen LogP contribution in [0.25, 0.3) is 119 Å². The quantitative estimate of drug-likeness (QED) is 0.179. The summed E-state index contributed by atoms with van der Waals surface area (Å²) in [6.07, 6.45) is 0. The molecule has 5 heteroatoms. The maximum absolute atomic E-state index is 6.02. The minimum Gasteiger partial charge on any atom is -0.307 e. The van der Waals surface area contributed by atoms with E-state index in [0.29, 0.717) is 0 Å². The number of thiophene rings is 1. The number of rotatable bonds is 4. The van der Waals surface area contributed by atoms with Gasteiger partial charge in [0.25, 0.3) is 0 Å². The first-order chi connectivity index (χ1) is 29.3. The van der Waals surface area contributed by atoms with Gasteiger partial charge in [-0.05, 0) is 52.7 Å². The monoisotopic (exact) mass is 768 g/mol. The Kier molecular flexibility index (Phi) is 6.85. The smallest absolute Gasteiger partial charge is 0.165 e. The first-order valence-corrected chi connectivity index (χ1v) is 20.8. The third kappa shape index (κ3) is 4.59. The van der Waals surface area contributed by atoms with E-state index in [0.717, 1.165) is 72.4 Å². The third-order valence-corrected chi connectivity index (χ3v) is 13.2. The number of hydrogen-bond donors (Lipinski definition) is 0. The molecule has 274 valence electrons. The fourth-order valence-electron chi connectivity index (χ4n) is 9.61. The van der Waals surface area contributed by atoms with E-state index in [4.69, 9.17) is 9.97 Å². The normalized spacial score (nSPS) is 12.1. The van der Waals surface area contributed by atoms with Gasteiger partial charge >= 0.3 is 0 Å². The summed E-state index contributed by atoms with van der Waals surface area (Å²) >= 11 is 1.87. The molecule has 9 aromatic carbocycles. The lowest BCUT2D eigenvalue weighted by Crippen LogP contribution is -2.06. The van der Waals surface area contributed by atoms with E-state index in [2.05, 4.69) is 203 Å². The minimum atomic E-state index is 0.806. The molecular weight excluding hydrogens is 737 g/mol. The number of para-hydroxylation sites is 3. The Balaban J connectivity index is 1.30. The van der Waals surface area contributed by atoms with Crippen molar-refractivity contribution in [3.63, 3.8) is 0 Å². The summed E-state index contributed by atoms with van der Waals surface area (Å²) in [6.45, 7) is 0. The van der Waals surface area contributed by atoms with Crippen molar-refractivity contribution < 1.29 is 0 Å². The van der Waals surface area contributed by atoms with Crippen molar-refractivity contribution in [2.45, 2.75) is 0 Å². The van der Waals surface area contributed by atoms with Crippen molar-refractivity contribution in [2.24, 2.45) is 0 Å². The van der Waals surface area contributed by atoms with Crippen LogP contribution < -0.4 is 0 Å². The van der Waals surface area contributed by atoms with Crippen molar-refractivity contribution in [3.8, 4) is 33.9 Å². The van der Waals surface area contributed by atoms with Crippen molar-refractivity contribution in [3.05, 3.63) is 194 Å². The molecule has 0 spiro atoms. The summed E-state index contributed by atoms with van der Waals surface area (Å²) in [4.78, 5) is 11.9. The predicted octanol–water partition coefficient (Wildman–Crippen LogP) is 14.7. The second kappa shape index (κ2) is 12.4. The van der Waals surface area contributed by atoms with Crippen LogP contribution in [0, 0.1) is 0 Å². The molecule has 0 aliphatic rings. The van der Waals surface area contributed by atoms with Gasteiger partial charge in [-0.2, -0.15) is 0 Å². The zero-order valence-corrected chi connectivity index (χ0v) is 32.5. The molecule has 4 heterocycles. The summed E-state index contributed by atoms with van der Waals surface area (Å²) in [6, 6.07) is 69.6. The van der Waals surface area contributed by atoms with Gasteiger partial charge in [0.2, 0.25) is 0 Å². The molecule has 0 unspecified atom stereocenters. The number of nitrogens with zero attached hydrogens (tertiary/aromatic N) is 4. The Morgan fingerprint density at radius 3 is 1.68 bits per heavy atom. The van der Waals surface area contributed by atoms with Gasteiger partial charge in [0.15, 0.2) is 5.82 Å². The molecule has 13 aromatic rings. The molecule has 4 aromatic heterocycles. The van der Waals surface area contributed by atoms with E-state index >= 15 is 0 Å². The molecule has 0 aliphatic carbocycles. The van der Waals surface area contributed by atoms with Crippen LogP contribution in [-0.4, -0.2) is 19.1 Å². The highest BCUT2D eigenvalue weighted by Crippen LogP contribution is 2.49. The van der Waals surface area contributed by atoms with Crippen molar-refractivity contribution in [1.82, 2.24) is 19.1 Å². The van der Waals surface area contributed by atoms with Crippen LogP contribution in [0.4, 0.5) is 0 Å². The lowest BCUT2D eigenvalue weighted by Gasteiger charge is -2.17. The molecule has 0 bridgehead atoms. The van der Waals surface area contributed by atoms with Gasteiger partial charge in [0, 0.05) is 53.8 Å². The van der Waals surface area contributed by atoms with Gasteiger partial charge in [0.05, 0.1) is 32.3 Å². The van der Waals surface area contributed by atoms with Crippen LogP contribution in [0.15, 0.2) is 194 Å². The molecule has 4 nitrogen and oxygen atoms in total. The Morgan fingerprint density at radius 1 is 0.390 bits per heavy atom. The Morgan fingerprint density at radius 2 is 0.949 bits per heavy atom. The van der Waals surface area contributed by atoms with Gasteiger partial charge in [-0.3, -0.25) is 4.57 Å². The maximum Gasteiger partial charge on any atom is 0.165 e. The SMILES string of the molecule is c1ccc(-c2nc3c(-c4ccccc4)cc4c5ccccc5n(-c5ccccc5)c4c3nc2-n2c3ccccc3c3c4ccccc4c4c5ccccc5sc4c32)cc1. The van der Waals surface area contributed by atoms with Crippen molar-refractivity contribution >= 4 is 96.9 Å². The highest BCUT2D eigenvalue weighted by molar-refractivity contribution is 7.27. The van der Waals surface area contributed by atoms with Crippen LogP contribution in [0.5, 0.6) is 0 Å². The van der Waals surface area contributed by atoms with E-state index in [1.807, 2.05) is 11.3 Å². The Hall–Kier alpha value is -7.60. The molecule has 0 atom stereocenters. The fourth-order valence-corrected chi connectivity index (χ4v) is 10.9. The lowest BCUT2D eigenvalue weighted by atomic mass is 9.99. The lowest BCUT2D eigenvalue weighted by molar-refractivity contribution is 1.08. The Bertz CT molecular complexity index is 3820. The molecule has 0 saturated heterocycles. The first-order valence-electron chi connectivity index (χ1n) is 20.0. The summed E-state index contributed by atoms with van der Waals surface area (Å²) in [5, 5.41) is 9.81. The highest BCUT2D eigenvalue weighted by atomic mass is 32.1. The van der Waals surface area contributed by atoms with Crippen molar-refractivity contribution in [1.29, 1.82) is 0 Å². The van der Waals surface area contributed by atoms with Crippen LogP contribution >= 0.6 is 11.3 Å². The van der Waals surface area contributed by atoms with E-state index in [1.165, 1.54) is 47.1 Å². The van der Waals surface area contributed by atoms with E-state index in [-0.39, 0.29) is 0 Å². The standard InChI is InChI=1S/C54H32N4S/c1-4-18-33(19-5-1)41-32-42-36-24-12-15-29-43(36)57(35-22-8-3-9-23-35)51(42)50-49(41)55-48(34-20-6-2-7-21-34)54(56-50)58-44-30-16-13-27-39(44)46-37-25-10-11-26-38(37)47-40-28-14-17-31-45(40)59-53(47)52(46)58/h1-32H. The summed E-state index contributed by atoms with van der Waals surface area (Å²) < 4.78 is 7.33. The van der Waals surface area contributed by atoms with Gasteiger partial charge in [-0.25, -0.2) is 9.97 Å². The van der Waals surface area contributed by atoms with E-state index in [9.17, 15) is 0 Å². The molecule has 13 rings (SSSR count). The predicted molar refractivity (Wildman–Crippen MR) is 249 cm³/mol. The highest BCUT2D eigenvalue weighted by Gasteiger charge is 2.27. The minimum absolute atomic E-state index is 0.806. The number of fused-ring (bicyclic) bond motifs is 15. The molecular formula is C54H32N4S. The largest absolute Gasteiger partial charge is 0.307 e. The average Bonchev–Trinajstić information content (AvgIpc) is 3.98. The van der Waals surface area contributed by atoms with E-state index < -0.39 is 0 Å². The zero-order valence-electron chi connectivity index (χ0n) is 31.7. The van der Waals surface area contributed by atoms with Gasteiger partial charge < -0.3 is 4.57 Å². The van der Waals surface area contributed by atoms with Crippen LogP contribution in [0.1, 0.15) is 0 Å². The third-order valence-electron chi connectivity index (χ3n) is 12.1. The number of aromatic nitrogens is 4. The second-order valence-electron chi connectivity index (χ2n) is 15.3. The fraction of sp³-hybridized carbons (Fsp3) is 0. The van der Waals surface area contributed by atoms with Crippen LogP contribution in [-0.2, 0) is 0 Å². The van der Waals surface area contributed by atoms with Gasteiger partial charge in [0.1, 0.15) is 11.2 Å². The van der Waals surface area contributed by atoms with Crippen LogP contribution in [0.3, 0.4) is 0 Å². The maximum atomic E-state index is 6.02. The molecule has 0 fully saturated rings. The second-order valence-corrected chi connectivity index (χ2v) is 16.3. The zero-order chi connectivity index (χ0) is 38.6. The number of hydrogen-bond acceptors (Lipinski definition) is 3. The van der Waals surface area contributed by atoms with Crippen LogP contribution in [0.2, 0.25) is 0 Å². The molecule has 0 radical (unpaired) electrons. The van der Waals surface area contributed by atoms with Gasteiger partial charge in [-0.15, -0.1) is 11.3 Å². The van der Waals surface area contributed by atoms with Crippen molar-refractivity contribution in [2.75, 3.05) is 0 Å². The molecule has 0 amide bonds. The first kappa shape index (κ1) is 32.5. The topological polar surface area (TPSA) is 35.6 Å². The summed E-state index contributed by atoms with van der Waals surface area (Å²) in [5.41, 5.74) is 11.2. The Labute approximate surface area is 342 Å². The van der Waals surface area contributed by atoms with Gasteiger partial charge in [-0.1, -0.05) is 158 Å². The summed E-state index contributed by atoms with van der Waals surface area (Å²) in [5.74, 6) is 0.806. The molecule has 0 N–H and O–H groups in total. The molecule has 0 saturated carbocycles. The summed E-state index contributed by atoms with van der Waals surface area (Å²) in [7, 11) is 0. The average molecular weight is 769 g/mol. The van der Waals surface area contributed by atoms with E-state index in [1.54, 1.807) is 0 Å². The molecule has 0 aliphatic heterocycles.